The molecule has 1 amide bonds. The van der Waals surface area contributed by atoms with Gasteiger partial charge >= 0.3 is 0 Å². The van der Waals surface area contributed by atoms with E-state index in [9.17, 15) is 4.79 Å². The molecule has 4 aliphatic carbocycles. The minimum atomic E-state index is 0.0238. The summed E-state index contributed by atoms with van der Waals surface area (Å²) in [5.74, 6) is 2.99. The van der Waals surface area contributed by atoms with Gasteiger partial charge in [-0.3, -0.25) is 4.79 Å². The highest BCUT2D eigenvalue weighted by Gasteiger charge is 2.50. The third kappa shape index (κ3) is 3.66. The van der Waals surface area contributed by atoms with Crippen molar-refractivity contribution in [1.29, 1.82) is 0 Å². The van der Waals surface area contributed by atoms with Gasteiger partial charge in [0.1, 0.15) is 6.61 Å². The van der Waals surface area contributed by atoms with Crippen molar-refractivity contribution in [3.63, 3.8) is 0 Å². The van der Waals surface area contributed by atoms with E-state index in [0.29, 0.717) is 12.0 Å². The molecule has 0 aliphatic heterocycles. The molecule has 1 aromatic carbocycles. The number of carbonyl (C=O) groups is 1. The van der Waals surface area contributed by atoms with Crippen LogP contribution >= 0.6 is 0 Å². The Bertz CT molecular complexity index is 533. The Morgan fingerprint density at radius 3 is 2.29 bits per heavy atom. The molecular formula is C21H29NO2. The Morgan fingerprint density at radius 1 is 1.04 bits per heavy atom. The van der Waals surface area contributed by atoms with Crippen LogP contribution in [-0.4, -0.2) is 19.1 Å². The molecule has 0 heterocycles. The third-order valence-corrected chi connectivity index (χ3v) is 6.49. The van der Waals surface area contributed by atoms with Crippen molar-refractivity contribution in [3.8, 4) is 0 Å². The van der Waals surface area contributed by atoms with Gasteiger partial charge < -0.3 is 10.1 Å². The minimum Gasteiger partial charge on any atom is -0.367 e. The number of rotatable bonds is 7. The van der Waals surface area contributed by atoms with Crippen molar-refractivity contribution in [2.75, 3.05) is 13.2 Å². The van der Waals surface area contributed by atoms with Crippen molar-refractivity contribution in [2.45, 2.75) is 51.6 Å². The van der Waals surface area contributed by atoms with Gasteiger partial charge in [0.15, 0.2) is 0 Å². The molecule has 4 fully saturated rings. The average Bonchev–Trinajstić information content (AvgIpc) is 2.54. The zero-order chi connectivity index (χ0) is 16.4. The van der Waals surface area contributed by atoms with Gasteiger partial charge in [-0.05, 0) is 73.7 Å². The average molecular weight is 327 g/mol. The van der Waals surface area contributed by atoms with Gasteiger partial charge in [0.2, 0.25) is 5.91 Å². The first kappa shape index (κ1) is 16.1. The molecule has 0 unspecified atom stereocenters. The van der Waals surface area contributed by atoms with Crippen LogP contribution in [0.15, 0.2) is 30.3 Å². The molecule has 4 aliphatic rings. The predicted octanol–water partition coefficient (Wildman–Crippen LogP) is 3.93. The molecule has 0 spiro atoms. The maximum absolute atomic E-state index is 12.0. The van der Waals surface area contributed by atoms with E-state index in [-0.39, 0.29) is 12.5 Å². The van der Waals surface area contributed by atoms with Crippen LogP contribution in [0, 0.1) is 23.2 Å². The maximum Gasteiger partial charge on any atom is 0.246 e. The SMILES string of the molecule is O=C(COCc1ccccc1)NCCC12CC3CC(CC(C3)C1)C2. The summed E-state index contributed by atoms with van der Waals surface area (Å²) in [5, 5.41) is 3.08. The van der Waals surface area contributed by atoms with Crippen molar-refractivity contribution < 1.29 is 9.53 Å². The van der Waals surface area contributed by atoms with Crippen LogP contribution in [0.3, 0.4) is 0 Å². The van der Waals surface area contributed by atoms with E-state index < -0.39 is 0 Å². The smallest absolute Gasteiger partial charge is 0.246 e. The molecule has 1 N–H and O–H groups in total. The lowest BCUT2D eigenvalue weighted by molar-refractivity contribution is -0.126. The zero-order valence-corrected chi connectivity index (χ0v) is 14.5. The molecule has 4 bridgehead atoms. The second-order valence-electron chi connectivity index (χ2n) is 8.50. The highest BCUT2D eigenvalue weighted by molar-refractivity contribution is 5.77. The molecule has 4 saturated carbocycles. The van der Waals surface area contributed by atoms with Crippen LogP contribution in [0.4, 0.5) is 0 Å². The van der Waals surface area contributed by atoms with Gasteiger partial charge in [-0.1, -0.05) is 30.3 Å². The number of hydrogen-bond donors (Lipinski definition) is 1. The first-order chi connectivity index (χ1) is 11.7. The highest BCUT2D eigenvalue weighted by atomic mass is 16.5. The van der Waals surface area contributed by atoms with Crippen LogP contribution in [0.25, 0.3) is 0 Å². The molecule has 0 radical (unpaired) electrons. The summed E-state index contributed by atoms with van der Waals surface area (Å²) in [6.07, 6.45) is 9.87. The summed E-state index contributed by atoms with van der Waals surface area (Å²) in [5.41, 5.74) is 1.66. The predicted molar refractivity (Wildman–Crippen MR) is 94.3 cm³/mol. The number of amides is 1. The molecule has 3 nitrogen and oxygen atoms in total. The fourth-order valence-electron chi connectivity index (χ4n) is 5.95. The van der Waals surface area contributed by atoms with E-state index >= 15 is 0 Å². The van der Waals surface area contributed by atoms with Crippen LogP contribution in [0.1, 0.15) is 50.5 Å². The van der Waals surface area contributed by atoms with Crippen molar-refractivity contribution >= 4 is 5.91 Å². The van der Waals surface area contributed by atoms with E-state index in [0.717, 1.165) is 29.9 Å². The van der Waals surface area contributed by atoms with Crippen molar-refractivity contribution in [2.24, 2.45) is 23.2 Å². The van der Waals surface area contributed by atoms with Crippen LogP contribution < -0.4 is 5.32 Å². The summed E-state index contributed by atoms with van der Waals surface area (Å²) in [6.45, 7) is 1.48. The first-order valence-electron chi connectivity index (χ1n) is 9.59. The van der Waals surface area contributed by atoms with Gasteiger partial charge in [0.25, 0.3) is 0 Å². The van der Waals surface area contributed by atoms with E-state index in [1.165, 1.54) is 44.9 Å². The van der Waals surface area contributed by atoms with Gasteiger partial charge in [0.05, 0.1) is 6.61 Å². The van der Waals surface area contributed by atoms with E-state index in [1.807, 2.05) is 30.3 Å². The highest BCUT2D eigenvalue weighted by Crippen LogP contribution is 2.61. The summed E-state index contributed by atoms with van der Waals surface area (Å²) >= 11 is 0. The number of hydrogen-bond acceptors (Lipinski definition) is 2. The summed E-state index contributed by atoms with van der Waals surface area (Å²) in [6, 6.07) is 10.0. The van der Waals surface area contributed by atoms with Gasteiger partial charge in [-0.25, -0.2) is 0 Å². The Kier molecular flexibility index (Phi) is 4.62. The van der Waals surface area contributed by atoms with Crippen LogP contribution in [-0.2, 0) is 16.1 Å². The van der Waals surface area contributed by atoms with Crippen LogP contribution in [0.5, 0.6) is 0 Å². The number of nitrogens with one attached hydrogen (secondary N) is 1. The first-order valence-corrected chi connectivity index (χ1v) is 9.59. The summed E-state index contributed by atoms with van der Waals surface area (Å²) < 4.78 is 5.52. The lowest BCUT2D eigenvalue weighted by atomic mass is 9.49. The topological polar surface area (TPSA) is 38.3 Å². The van der Waals surface area contributed by atoms with Crippen molar-refractivity contribution in [3.05, 3.63) is 35.9 Å². The molecule has 130 valence electrons. The number of carbonyl (C=O) groups excluding carboxylic acids is 1. The largest absolute Gasteiger partial charge is 0.367 e. The quantitative estimate of drug-likeness (QED) is 0.824. The van der Waals surface area contributed by atoms with E-state index in [1.54, 1.807) is 0 Å². The monoisotopic (exact) mass is 327 g/mol. The second-order valence-corrected chi connectivity index (χ2v) is 8.50. The minimum absolute atomic E-state index is 0.0238. The Hall–Kier alpha value is -1.35. The Morgan fingerprint density at radius 2 is 1.67 bits per heavy atom. The fraction of sp³-hybridized carbons (Fsp3) is 0.667. The molecule has 0 aromatic heterocycles. The normalized spacial score (nSPS) is 33.6. The summed E-state index contributed by atoms with van der Waals surface area (Å²) in [4.78, 5) is 12.0. The van der Waals surface area contributed by atoms with E-state index in [4.69, 9.17) is 4.74 Å². The summed E-state index contributed by atoms with van der Waals surface area (Å²) in [7, 11) is 0. The lowest BCUT2D eigenvalue weighted by Crippen LogP contribution is -2.47. The van der Waals surface area contributed by atoms with Gasteiger partial charge in [0, 0.05) is 6.54 Å². The molecule has 3 heteroatoms. The number of ether oxygens (including phenoxy) is 1. The second kappa shape index (κ2) is 6.87. The molecule has 0 saturated heterocycles. The van der Waals surface area contributed by atoms with Crippen LogP contribution in [0.2, 0.25) is 0 Å². The van der Waals surface area contributed by atoms with E-state index in [2.05, 4.69) is 5.32 Å². The van der Waals surface area contributed by atoms with Gasteiger partial charge in [-0.15, -0.1) is 0 Å². The molecule has 1 aromatic rings. The van der Waals surface area contributed by atoms with Crippen molar-refractivity contribution in [1.82, 2.24) is 5.32 Å². The lowest BCUT2D eigenvalue weighted by Gasteiger charge is -2.57. The zero-order valence-electron chi connectivity index (χ0n) is 14.5. The third-order valence-electron chi connectivity index (χ3n) is 6.49. The maximum atomic E-state index is 12.0. The fourth-order valence-corrected chi connectivity index (χ4v) is 5.95. The Labute approximate surface area is 145 Å². The molecular weight excluding hydrogens is 298 g/mol. The Balaban J connectivity index is 1.17. The number of benzene rings is 1. The molecule has 5 rings (SSSR count). The van der Waals surface area contributed by atoms with Gasteiger partial charge in [-0.2, -0.15) is 0 Å². The molecule has 24 heavy (non-hydrogen) atoms. The molecule has 0 atom stereocenters. The standard InChI is InChI=1S/C21H29NO2/c23-20(15-24-14-16-4-2-1-3-5-16)22-7-6-21-11-17-8-18(12-21)10-19(9-17)13-21/h1-5,17-19H,6-15H2,(H,22,23).